The minimum absolute atomic E-state index is 0.108. The van der Waals surface area contributed by atoms with Crippen LogP contribution in [0.15, 0.2) is 12.3 Å². The van der Waals surface area contributed by atoms with Crippen LogP contribution in [0.3, 0.4) is 0 Å². The fourth-order valence-corrected chi connectivity index (χ4v) is 1.68. The van der Waals surface area contributed by atoms with E-state index < -0.39 is 5.97 Å². The normalized spacial score (nSPS) is 10.1. The maximum atomic E-state index is 12.2. The Kier molecular flexibility index (Phi) is 6.05. The number of hydrogen-bond acceptors (Lipinski definition) is 4. The van der Waals surface area contributed by atoms with Crippen molar-refractivity contribution in [3.05, 3.63) is 28.0 Å². The monoisotopic (exact) mass is 304 g/mol. The van der Waals surface area contributed by atoms with Crippen molar-refractivity contribution in [1.29, 1.82) is 0 Å². The molecular formula is C12H14Cl2N2O3. The number of carbonyl (C=O) groups is 2. The summed E-state index contributed by atoms with van der Waals surface area (Å²) in [6.45, 7) is 4.02. The first kappa shape index (κ1) is 15.7. The molecule has 1 aromatic heterocycles. The van der Waals surface area contributed by atoms with Crippen molar-refractivity contribution in [2.45, 2.75) is 13.8 Å². The summed E-state index contributed by atoms with van der Waals surface area (Å²) in [5.74, 6) is -0.799. The van der Waals surface area contributed by atoms with Gasteiger partial charge in [-0.2, -0.15) is 0 Å². The van der Waals surface area contributed by atoms with Crippen LogP contribution < -0.4 is 0 Å². The number of amides is 1. The zero-order valence-corrected chi connectivity index (χ0v) is 12.2. The minimum atomic E-state index is -0.453. The van der Waals surface area contributed by atoms with Gasteiger partial charge in [0.2, 0.25) is 0 Å². The van der Waals surface area contributed by atoms with Gasteiger partial charge in [-0.3, -0.25) is 9.59 Å². The molecule has 0 fully saturated rings. The maximum Gasteiger partial charge on any atom is 0.325 e. The topological polar surface area (TPSA) is 59.5 Å². The Hall–Kier alpha value is -1.33. The van der Waals surface area contributed by atoms with Gasteiger partial charge in [-0.25, -0.2) is 4.98 Å². The molecule has 0 spiro atoms. The molecule has 5 nitrogen and oxygen atoms in total. The molecule has 104 valence electrons. The van der Waals surface area contributed by atoms with Crippen LogP contribution in [0.5, 0.6) is 0 Å². The fourth-order valence-electron chi connectivity index (χ4n) is 1.41. The van der Waals surface area contributed by atoms with E-state index in [1.54, 1.807) is 13.8 Å². The molecule has 1 rings (SSSR count). The van der Waals surface area contributed by atoms with Crippen molar-refractivity contribution < 1.29 is 14.3 Å². The third-order valence-electron chi connectivity index (χ3n) is 2.34. The lowest BCUT2D eigenvalue weighted by Gasteiger charge is -2.19. The molecule has 0 aliphatic rings. The highest BCUT2D eigenvalue weighted by Crippen LogP contribution is 2.20. The number of hydrogen-bond donors (Lipinski definition) is 0. The third-order valence-corrected chi connectivity index (χ3v) is 3.02. The lowest BCUT2D eigenvalue weighted by Crippen LogP contribution is -2.36. The highest BCUT2D eigenvalue weighted by Gasteiger charge is 2.19. The fraction of sp³-hybridized carbons (Fsp3) is 0.417. The summed E-state index contributed by atoms with van der Waals surface area (Å²) >= 11 is 11.5. The van der Waals surface area contributed by atoms with Gasteiger partial charge in [0.05, 0.1) is 17.2 Å². The van der Waals surface area contributed by atoms with E-state index in [1.165, 1.54) is 17.2 Å². The van der Waals surface area contributed by atoms with Crippen molar-refractivity contribution >= 4 is 35.1 Å². The van der Waals surface area contributed by atoms with Crippen LogP contribution >= 0.6 is 23.2 Å². The molecule has 0 aromatic carbocycles. The standard InChI is InChI=1S/C12H14Cl2N2O3/c1-3-16(7-10(17)19-4-2)12(18)8-5-9(13)11(14)15-6-8/h5-6H,3-4,7H2,1-2H3. The molecule has 0 bridgehead atoms. The second kappa shape index (κ2) is 7.31. The second-order valence-electron chi connectivity index (χ2n) is 3.62. The number of esters is 1. The molecule has 0 saturated carbocycles. The Balaban J connectivity index is 2.83. The zero-order chi connectivity index (χ0) is 14.4. The van der Waals surface area contributed by atoms with Gasteiger partial charge in [-0.05, 0) is 19.9 Å². The number of ether oxygens (including phenoxy) is 1. The average molecular weight is 305 g/mol. The molecule has 0 atom stereocenters. The van der Waals surface area contributed by atoms with Gasteiger partial charge in [0, 0.05) is 12.7 Å². The number of rotatable bonds is 5. The van der Waals surface area contributed by atoms with E-state index in [-0.39, 0.29) is 34.8 Å². The van der Waals surface area contributed by atoms with Crippen molar-refractivity contribution in [3.8, 4) is 0 Å². The Morgan fingerprint density at radius 2 is 2.05 bits per heavy atom. The van der Waals surface area contributed by atoms with E-state index in [9.17, 15) is 9.59 Å². The van der Waals surface area contributed by atoms with E-state index in [0.717, 1.165) is 0 Å². The Labute approximate surface area is 121 Å². The van der Waals surface area contributed by atoms with Crippen LogP contribution in [-0.2, 0) is 9.53 Å². The molecule has 19 heavy (non-hydrogen) atoms. The molecular weight excluding hydrogens is 291 g/mol. The number of aromatic nitrogens is 1. The van der Waals surface area contributed by atoms with Gasteiger partial charge in [-0.1, -0.05) is 23.2 Å². The number of likely N-dealkylation sites (N-methyl/N-ethyl adjacent to an activating group) is 1. The van der Waals surface area contributed by atoms with E-state index in [2.05, 4.69) is 4.98 Å². The van der Waals surface area contributed by atoms with Crippen molar-refractivity contribution in [2.75, 3.05) is 19.7 Å². The quantitative estimate of drug-likeness (QED) is 0.619. The summed E-state index contributed by atoms with van der Waals surface area (Å²) in [6.07, 6.45) is 1.32. The number of pyridine rings is 1. The largest absolute Gasteiger partial charge is 0.465 e. The Bertz CT molecular complexity index is 480. The van der Waals surface area contributed by atoms with Gasteiger partial charge < -0.3 is 9.64 Å². The molecule has 1 heterocycles. The van der Waals surface area contributed by atoms with E-state index in [4.69, 9.17) is 27.9 Å². The first-order valence-corrected chi connectivity index (χ1v) is 6.51. The van der Waals surface area contributed by atoms with Gasteiger partial charge in [0.15, 0.2) is 0 Å². The third kappa shape index (κ3) is 4.36. The summed E-state index contributed by atoms with van der Waals surface area (Å²) in [6, 6.07) is 1.42. The Morgan fingerprint density at radius 3 is 2.58 bits per heavy atom. The highest BCUT2D eigenvalue weighted by atomic mass is 35.5. The van der Waals surface area contributed by atoms with Crippen molar-refractivity contribution in [2.24, 2.45) is 0 Å². The lowest BCUT2D eigenvalue weighted by molar-refractivity contribution is -0.143. The van der Waals surface area contributed by atoms with Crippen LogP contribution in [0, 0.1) is 0 Å². The molecule has 0 N–H and O–H groups in total. The van der Waals surface area contributed by atoms with Gasteiger partial charge in [-0.15, -0.1) is 0 Å². The van der Waals surface area contributed by atoms with Crippen LogP contribution in [0.25, 0.3) is 0 Å². The van der Waals surface area contributed by atoms with E-state index in [0.29, 0.717) is 6.54 Å². The second-order valence-corrected chi connectivity index (χ2v) is 4.39. The maximum absolute atomic E-state index is 12.2. The number of carbonyl (C=O) groups excluding carboxylic acids is 2. The first-order chi connectivity index (χ1) is 8.99. The molecule has 1 amide bonds. The van der Waals surface area contributed by atoms with Crippen LogP contribution in [0.2, 0.25) is 10.2 Å². The molecule has 1 aromatic rings. The molecule has 0 aliphatic heterocycles. The van der Waals surface area contributed by atoms with Gasteiger partial charge in [0.1, 0.15) is 11.7 Å². The van der Waals surface area contributed by atoms with Crippen molar-refractivity contribution in [1.82, 2.24) is 9.88 Å². The zero-order valence-electron chi connectivity index (χ0n) is 10.7. The summed E-state index contributed by atoms with van der Waals surface area (Å²) in [4.78, 5) is 28.7. The summed E-state index contributed by atoms with van der Waals surface area (Å²) in [5, 5.41) is 0.325. The highest BCUT2D eigenvalue weighted by molar-refractivity contribution is 6.41. The summed E-state index contributed by atoms with van der Waals surface area (Å²) < 4.78 is 4.81. The van der Waals surface area contributed by atoms with E-state index >= 15 is 0 Å². The van der Waals surface area contributed by atoms with Crippen LogP contribution in [0.1, 0.15) is 24.2 Å². The number of halogens is 2. The molecule has 7 heteroatoms. The average Bonchev–Trinajstić information content (AvgIpc) is 2.38. The lowest BCUT2D eigenvalue weighted by atomic mass is 10.2. The molecule has 0 unspecified atom stereocenters. The molecule has 0 aliphatic carbocycles. The van der Waals surface area contributed by atoms with Crippen molar-refractivity contribution in [3.63, 3.8) is 0 Å². The first-order valence-electron chi connectivity index (χ1n) is 5.75. The molecule has 0 saturated heterocycles. The Morgan fingerprint density at radius 1 is 1.37 bits per heavy atom. The molecule has 0 radical (unpaired) electrons. The van der Waals surface area contributed by atoms with Gasteiger partial charge in [0.25, 0.3) is 5.91 Å². The number of nitrogens with zero attached hydrogens (tertiary/aromatic N) is 2. The summed E-state index contributed by atoms with van der Waals surface area (Å²) in [7, 11) is 0. The van der Waals surface area contributed by atoms with E-state index in [1.807, 2.05) is 0 Å². The SMILES string of the molecule is CCOC(=O)CN(CC)C(=O)c1cnc(Cl)c(Cl)c1. The van der Waals surface area contributed by atoms with Gasteiger partial charge >= 0.3 is 5.97 Å². The predicted molar refractivity (Wildman–Crippen MR) is 72.5 cm³/mol. The van der Waals surface area contributed by atoms with Crippen LogP contribution in [-0.4, -0.2) is 41.5 Å². The minimum Gasteiger partial charge on any atom is -0.465 e. The smallest absolute Gasteiger partial charge is 0.325 e. The predicted octanol–water partition coefficient (Wildman–Crippen LogP) is 2.41. The summed E-state index contributed by atoms with van der Waals surface area (Å²) in [5.41, 5.74) is 0.278. The van der Waals surface area contributed by atoms with Crippen LogP contribution in [0.4, 0.5) is 0 Å².